The number of hydrogen-bond donors (Lipinski definition) is 1. The molecule has 1 rings (SSSR count). The summed E-state index contributed by atoms with van der Waals surface area (Å²) in [6, 6.07) is 3.51. The van der Waals surface area contributed by atoms with Crippen molar-refractivity contribution in [2.45, 2.75) is 39.8 Å². The van der Waals surface area contributed by atoms with E-state index < -0.39 is 5.97 Å². The lowest BCUT2D eigenvalue weighted by Crippen LogP contribution is -2.35. The van der Waals surface area contributed by atoms with Gasteiger partial charge >= 0.3 is 5.97 Å². The third-order valence-corrected chi connectivity index (χ3v) is 2.65. The largest absolute Gasteiger partial charge is 0.461 e. The van der Waals surface area contributed by atoms with Crippen LogP contribution in [0, 0.1) is 0 Å². The second kappa shape index (κ2) is 6.83. The maximum Gasteiger partial charge on any atom is 0.354 e. The van der Waals surface area contributed by atoms with Gasteiger partial charge in [-0.2, -0.15) is 0 Å². The number of nitrogens with one attached hydrogen (secondary N) is 1. The van der Waals surface area contributed by atoms with Crippen LogP contribution in [-0.4, -0.2) is 29.1 Å². The standard InChI is InChI=1S/C13H20N2O3/c1-4-10(3)14-12(16)9-15-8-6-7-11(15)13(17)18-5-2/h6-8,10H,4-5,9H2,1-3H3,(H,14,16). The lowest BCUT2D eigenvalue weighted by atomic mass is 10.2. The molecule has 1 amide bonds. The molecule has 5 heteroatoms. The third-order valence-electron chi connectivity index (χ3n) is 2.65. The Bertz CT molecular complexity index is 412. The van der Waals surface area contributed by atoms with Gasteiger partial charge in [-0.15, -0.1) is 0 Å². The molecule has 0 bridgehead atoms. The molecule has 0 spiro atoms. The molecular formula is C13H20N2O3. The molecule has 0 aliphatic rings. The summed E-state index contributed by atoms with van der Waals surface area (Å²) >= 11 is 0. The number of amides is 1. The first-order valence-corrected chi connectivity index (χ1v) is 6.20. The van der Waals surface area contributed by atoms with Crippen LogP contribution >= 0.6 is 0 Å². The number of ether oxygens (including phenoxy) is 1. The fourth-order valence-corrected chi connectivity index (χ4v) is 1.52. The second-order valence-corrected chi connectivity index (χ2v) is 4.12. The maximum atomic E-state index is 11.7. The molecule has 0 aliphatic carbocycles. The van der Waals surface area contributed by atoms with Crippen molar-refractivity contribution in [1.82, 2.24) is 9.88 Å². The lowest BCUT2D eigenvalue weighted by molar-refractivity contribution is -0.122. The fourth-order valence-electron chi connectivity index (χ4n) is 1.52. The SMILES string of the molecule is CCOC(=O)c1cccn1CC(=O)NC(C)CC. The van der Waals surface area contributed by atoms with Gasteiger partial charge in [0.05, 0.1) is 6.61 Å². The van der Waals surface area contributed by atoms with Crippen LogP contribution in [0.1, 0.15) is 37.7 Å². The van der Waals surface area contributed by atoms with Crippen molar-refractivity contribution in [1.29, 1.82) is 0 Å². The van der Waals surface area contributed by atoms with E-state index in [0.29, 0.717) is 12.3 Å². The first-order chi connectivity index (χ1) is 8.58. The Morgan fingerprint density at radius 2 is 2.17 bits per heavy atom. The molecule has 100 valence electrons. The molecule has 1 heterocycles. The van der Waals surface area contributed by atoms with Gasteiger partial charge in [0.1, 0.15) is 12.2 Å². The Morgan fingerprint density at radius 3 is 2.78 bits per heavy atom. The van der Waals surface area contributed by atoms with Gasteiger partial charge in [0.25, 0.3) is 0 Å². The molecule has 0 fully saturated rings. The van der Waals surface area contributed by atoms with Crippen LogP contribution in [0.3, 0.4) is 0 Å². The van der Waals surface area contributed by atoms with Gasteiger partial charge in [0, 0.05) is 12.2 Å². The highest BCUT2D eigenvalue weighted by Gasteiger charge is 2.14. The number of carbonyl (C=O) groups excluding carboxylic acids is 2. The summed E-state index contributed by atoms with van der Waals surface area (Å²) in [6.45, 7) is 6.15. The molecule has 0 saturated heterocycles. The van der Waals surface area contributed by atoms with Crippen molar-refractivity contribution in [3.63, 3.8) is 0 Å². The van der Waals surface area contributed by atoms with Crippen molar-refractivity contribution in [2.24, 2.45) is 0 Å². The Morgan fingerprint density at radius 1 is 1.44 bits per heavy atom. The van der Waals surface area contributed by atoms with Crippen molar-refractivity contribution < 1.29 is 14.3 Å². The molecule has 0 radical (unpaired) electrons. The molecular weight excluding hydrogens is 232 g/mol. The van der Waals surface area contributed by atoms with Gasteiger partial charge in [-0.05, 0) is 32.4 Å². The maximum absolute atomic E-state index is 11.7. The van der Waals surface area contributed by atoms with Crippen LogP contribution in [0.2, 0.25) is 0 Å². The van der Waals surface area contributed by atoms with Crippen LogP contribution in [0.25, 0.3) is 0 Å². The van der Waals surface area contributed by atoms with Gasteiger partial charge in [-0.3, -0.25) is 4.79 Å². The van der Waals surface area contributed by atoms with E-state index >= 15 is 0 Å². The van der Waals surface area contributed by atoms with Gasteiger partial charge in [-0.25, -0.2) is 4.79 Å². The van der Waals surface area contributed by atoms with E-state index in [2.05, 4.69) is 5.32 Å². The van der Waals surface area contributed by atoms with E-state index in [0.717, 1.165) is 6.42 Å². The Hall–Kier alpha value is -1.78. The summed E-state index contributed by atoms with van der Waals surface area (Å²) in [5.74, 6) is -0.509. The van der Waals surface area contributed by atoms with Gasteiger partial charge in [0.15, 0.2) is 0 Å². The summed E-state index contributed by atoms with van der Waals surface area (Å²) in [4.78, 5) is 23.3. The minimum atomic E-state index is -0.404. The van der Waals surface area contributed by atoms with Crippen molar-refractivity contribution in [2.75, 3.05) is 6.61 Å². The lowest BCUT2D eigenvalue weighted by Gasteiger charge is -2.13. The average Bonchev–Trinajstić information content (AvgIpc) is 2.77. The minimum Gasteiger partial charge on any atom is -0.461 e. The number of nitrogens with zero attached hydrogens (tertiary/aromatic N) is 1. The van der Waals surface area contributed by atoms with E-state index in [-0.39, 0.29) is 18.5 Å². The highest BCUT2D eigenvalue weighted by molar-refractivity contribution is 5.88. The average molecular weight is 252 g/mol. The van der Waals surface area contributed by atoms with Crippen molar-refractivity contribution in [3.8, 4) is 0 Å². The first-order valence-electron chi connectivity index (χ1n) is 6.20. The van der Waals surface area contributed by atoms with E-state index in [4.69, 9.17) is 4.74 Å². The zero-order chi connectivity index (χ0) is 13.5. The summed E-state index contributed by atoms with van der Waals surface area (Å²) < 4.78 is 6.51. The fraction of sp³-hybridized carbons (Fsp3) is 0.538. The van der Waals surface area contributed by atoms with Crippen molar-refractivity contribution >= 4 is 11.9 Å². The van der Waals surface area contributed by atoms with E-state index in [1.54, 1.807) is 29.8 Å². The molecule has 1 N–H and O–H groups in total. The molecule has 1 unspecified atom stereocenters. The van der Waals surface area contributed by atoms with E-state index in [9.17, 15) is 9.59 Å². The zero-order valence-corrected chi connectivity index (χ0v) is 11.1. The van der Waals surface area contributed by atoms with Crippen LogP contribution in [0.4, 0.5) is 0 Å². The molecule has 1 aromatic rings. The Balaban J connectivity index is 2.65. The zero-order valence-electron chi connectivity index (χ0n) is 11.1. The second-order valence-electron chi connectivity index (χ2n) is 4.12. The minimum absolute atomic E-state index is 0.105. The van der Waals surface area contributed by atoms with Crippen LogP contribution in [0.15, 0.2) is 18.3 Å². The van der Waals surface area contributed by atoms with Gasteiger partial charge in [-0.1, -0.05) is 6.92 Å². The molecule has 0 aromatic carbocycles. The molecule has 18 heavy (non-hydrogen) atoms. The van der Waals surface area contributed by atoms with Gasteiger partial charge in [0.2, 0.25) is 5.91 Å². The van der Waals surface area contributed by atoms with E-state index in [1.165, 1.54) is 0 Å². The molecule has 1 aromatic heterocycles. The highest BCUT2D eigenvalue weighted by Crippen LogP contribution is 2.04. The third kappa shape index (κ3) is 3.91. The molecule has 1 atom stereocenters. The number of rotatable bonds is 6. The number of hydrogen-bond acceptors (Lipinski definition) is 3. The smallest absolute Gasteiger partial charge is 0.354 e. The predicted octanol–water partition coefficient (Wildman–Crippen LogP) is 1.58. The number of aromatic nitrogens is 1. The highest BCUT2D eigenvalue weighted by atomic mass is 16.5. The van der Waals surface area contributed by atoms with Crippen LogP contribution in [0.5, 0.6) is 0 Å². The van der Waals surface area contributed by atoms with E-state index in [1.807, 2.05) is 13.8 Å². The van der Waals surface area contributed by atoms with Crippen LogP contribution in [-0.2, 0) is 16.1 Å². The predicted molar refractivity (Wildman–Crippen MR) is 68.3 cm³/mol. The summed E-state index contributed by atoms with van der Waals surface area (Å²) in [5, 5.41) is 2.85. The number of esters is 1. The monoisotopic (exact) mass is 252 g/mol. The van der Waals surface area contributed by atoms with Crippen LogP contribution < -0.4 is 5.32 Å². The normalized spacial score (nSPS) is 11.9. The molecule has 5 nitrogen and oxygen atoms in total. The first kappa shape index (κ1) is 14.3. The summed E-state index contributed by atoms with van der Waals surface area (Å²) in [7, 11) is 0. The Labute approximate surface area is 107 Å². The summed E-state index contributed by atoms with van der Waals surface area (Å²) in [6.07, 6.45) is 2.57. The topological polar surface area (TPSA) is 60.3 Å². The van der Waals surface area contributed by atoms with Crippen molar-refractivity contribution in [3.05, 3.63) is 24.0 Å². The van der Waals surface area contributed by atoms with Gasteiger partial charge < -0.3 is 14.6 Å². The number of carbonyl (C=O) groups is 2. The quantitative estimate of drug-likeness (QED) is 0.782. The molecule has 0 saturated carbocycles. The summed E-state index contributed by atoms with van der Waals surface area (Å²) in [5.41, 5.74) is 0.399. The molecule has 0 aliphatic heterocycles. The Kier molecular flexibility index (Phi) is 5.42.